The van der Waals surface area contributed by atoms with Gasteiger partial charge < -0.3 is 19.9 Å². The Kier molecular flexibility index (Phi) is 4.91. The standard InChI is InChI=1S/C15H27N3O2/c19-15(13-11-16-12-13)18-7-3-14(4-8-18)20-10-9-17-5-1-2-6-17/h13-14,16H,1-12H2. The molecular formula is C15H27N3O2. The molecule has 0 aromatic rings. The molecule has 0 atom stereocenters. The van der Waals surface area contributed by atoms with Gasteiger partial charge in [-0.2, -0.15) is 0 Å². The van der Waals surface area contributed by atoms with Crippen molar-refractivity contribution in [2.45, 2.75) is 31.8 Å². The van der Waals surface area contributed by atoms with Gasteiger partial charge in [-0.25, -0.2) is 0 Å². The first-order valence-electron chi connectivity index (χ1n) is 8.16. The lowest BCUT2D eigenvalue weighted by molar-refractivity contribution is -0.139. The molecule has 0 spiro atoms. The van der Waals surface area contributed by atoms with Gasteiger partial charge in [0, 0.05) is 32.7 Å². The van der Waals surface area contributed by atoms with Gasteiger partial charge in [-0.15, -0.1) is 0 Å². The van der Waals surface area contributed by atoms with Gasteiger partial charge in [-0.05, 0) is 38.8 Å². The first kappa shape index (κ1) is 14.3. The van der Waals surface area contributed by atoms with Crippen LogP contribution in [0.3, 0.4) is 0 Å². The fourth-order valence-electron chi connectivity index (χ4n) is 3.32. The van der Waals surface area contributed by atoms with Crippen molar-refractivity contribution in [3.05, 3.63) is 0 Å². The molecule has 0 aromatic carbocycles. The van der Waals surface area contributed by atoms with E-state index in [0.717, 1.165) is 52.2 Å². The van der Waals surface area contributed by atoms with Crippen LogP contribution in [-0.4, -0.2) is 74.2 Å². The topological polar surface area (TPSA) is 44.8 Å². The minimum absolute atomic E-state index is 0.239. The number of piperidine rings is 1. The molecule has 3 aliphatic rings. The molecule has 1 amide bonds. The van der Waals surface area contributed by atoms with Gasteiger partial charge in [0.1, 0.15) is 0 Å². The smallest absolute Gasteiger partial charge is 0.228 e. The highest BCUT2D eigenvalue weighted by Crippen LogP contribution is 2.17. The molecule has 3 saturated heterocycles. The average Bonchev–Trinajstić information content (AvgIpc) is 2.91. The SMILES string of the molecule is O=C(C1CNC1)N1CCC(OCCN2CCCC2)CC1. The highest BCUT2D eigenvalue weighted by atomic mass is 16.5. The highest BCUT2D eigenvalue weighted by Gasteiger charge is 2.31. The maximum absolute atomic E-state index is 12.1. The molecular weight excluding hydrogens is 254 g/mol. The Morgan fingerprint density at radius 2 is 1.80 bits per heavy atom. The van der Waals surface area contributed by atoms with Gasteiger partial charge in [0.2, 0.25) is 5.91 Å². The van der Waals surface area contributed by atoms with E-state index in [1.54, 1.807) is 0 Å². The summed E-state index contributed by atoms with van der Waals surface area (Å²) in [6, 6.07) is 0. The third kappa shape index (κ3) is 3.51. The molecule has 20 heavy (non-hydrogen) atoms. The summed E-state index contributed by atoms with van der Waals surface area (Å²) in [6.07, 6.45) is 5.06. The number of rotatable bonds is 5. The molecule has 0 radical (unpaired) electrons. The molecule has 0 saturated carbocycles. The van der Waals surface area contributed by atoms with Crippen LogP contribution in [0.2, 0.25) is 0 Å². The van der Waals surface area contributed by atoms with E-state index in [-0.39, 0.29) is 5.92 Å². The van der Waals surface area contributed by atoms with E-state index in [1.165, 1.54) is 25.9 Å². The third-order valence-corrected chi connectivity index (χ3v) is 4.84. The minimum atomic E-state index is 0.239. The fraction of sp³-hybridized carbons (Fsp3) is 0.933. The summed E-state index contributed by atoms with van der Waals surface area (Å²) in [4.78, 5) is 16.6. The van der Waals surface area contributed by atoms with Crippen molar-refractivity contribution in [3.63, 3.8) is 0 Å². The maximum atomic E-state index is 12.1. The van der Waals surface area contributed by atoms with Crippen molar-refractivity contribution >= 4 is 5.91 Å². The summed E-state index contributed by atoms with van der Waals surface area (Å²) < 4.78 is 5.98. The van der Waals surface area contributed by atoms with Crippen LogP contribution >= 0.6 is 0 Å². The number of nitrogens with one attached hydrogen (secondary N) is 1. The zero-order valence-electron chi connectivity index (χ0n) is 12.4. The van der Waals surface area contributed by atoms with E-state index in [4.69, 9.17) is 4.74 Å². The summed E-state index contributed by atoms with van der Waals surface area (Å²) >= 11 is 0. The summed E-state index contributed by atoms with van der Waals surface area (Å²) in [5.41, 5.74) is 0. The van der Waals surface area contributed by atoms with E-state index in [0.29, 0.717) is 12.0 Å². The second-order valence-electron chi connectivity index (χ2n) is 6.30. The maximum Gasteiger partial charge on any atom is 0.228 e. The second-order valence-corrected chi connectivity index (χ2v) is 6.30. The van der Waals surface area contributed by atoms with E-state index < -0.39 is 0 Å². The van der Waals surface area contributed by atoms with Gasteiger partial charge >= 0.3 is 0 Å². The molecule has 3 fully saturated rings. The number of carbonyl (C=O) groups is 1. The highest BCUT2D eigenvalue weighted by molar-refractivity contribution is 5.80. The lowest BCUT2D eigenvalue weighted by Gasteiger charge is -2.37. The molecule has 3 aliphatic heterocycles. The summed E-state index contributed by atoms with van der Waals surface area (Å²) in [5.74, 6) is 0.585. The third-order valence-electron chi connectivity index (χ3n) is 4.84. The molecule has 0 aliphatic carbocycles. The number of nitrogens with zero attached hydrogens (tertiary/aromatic N) is 2. The van der Waals surface area contributed by atoms with Crippen LogP contribution in [0.5, 0.6) is 0 Å². The zero-order valence-corrected chi connectivity index (χ0v) is 12.4. The number of likely N-dealkylation sites (tertiary alicyclic amines) is 2. The van der Waals surface area contributed by atoms with Gasteiger partial charge in [-0.1, -0.05) is 0 Å². The molecule has 0 unspecified atom stereocenters. The van der Waals surface area contributed by atoms with Crippen molar-refractivity contribution in [1.29, 1.82) is 0 Å². The van der Waals surface area contributed by atoms with Crippen LogP contribution in [0.4, 0.5) is 0 Å². The molecule has 114 valence electrons. The fourth-order valence-corrected chi connectivity index (χ4v) is 3.32. The molecule has 5 heteroatoms. The molecule has 0 aromatic heterocycles. The van der Waals surface area contributed by atoms with Crippen LogP contribution < -0.4 is 5.32 Å². The lowest BCUT2D eigenvalue weighted by atomic mass is 9.99. The summed E-state index contributed by atoms with van der Waals surface area (Å²) in [5, 5.41) is 3.17. The lowest BCUT2D eigenvalue weighted by Crippen LogP contribution is -2.54. The summed E-state index contributed by atoms with van der Waals surface area (Å²) in [7, 11) is 0. The largest absolute Gasteiger partial charge is 0.377 e. The normalized spacial score (nSPS) is 25.9. The quantitative estimate of drug-likeness (QED) is 0.788. The summed E-state index contributed by atoms with van der Waals surface area (Å²) in [6.45, 7) is 7.90. The van der Waals surface area contributed by atoms with Gasteiger partial charge in [-0.3, -0.25) is 4.79 Å². The van der Waals surface area contributed by atoms with Crippen LogP contribution in [0.15, 0.2) is 0 Å². The molecule has 5 nitrogen and oxygen atoms in total. The molecule has 3 rings (SSSR count). The number of ether oxygens (including phenoxy) is 1. The number of amides is 1. The van der Waals surface area contributed by atoms with Crippen LogP contribution in [0.1, 0.15) is 25.7 Å². The van der Waals surface area contributed by atoms with Gasteiger partial charge in [0.15, 0.2) is 0 Å². The predicted octanol–water partition coefficient (Wildman–Crippen LogP) is 0.309. The number of hydrogen-bond donors (Lipinski definition) is 1. The Balaban J connectivity index is 1.30. The zero-order chi connectivity index (χ0) is 13.8. The van der Waals surface area contributed by atoms with Gasteiger partial charge in [0.05, 0.1) is 18.6 Å². The first-order chi connectivity index (χ1) is 9.83. The Hall–Kier alpha value is -0.650. The van der Waals surface area contributed by atoms with Crippen molar-refractivity contribution in [3.8, 4) is 0 Å². The molecule has 0 bridgehead atoms. The Morgan fingerprint density at radius 1 is 1.10 bits per heavy atom. The Morgan fingerprint density at radius 3 is 2.40 bits per heavy atom. The Bertz CT molecular complexity index is 319. The van der Waals surface area contributed by atoms with E-state index >= 15 is 0 Å². The number of carbonyl (C=O) groups excluding carboxylic acids is 1. The second kappa shape index (κ2) is 6.87. The Labute approximate surface area is 121 Å². The number of hydrogen-bond acceptors (Lipinski definition) is 4. The molecule has 3 heterocycles. The molecule has 1 N–H and O–H groups in total. The van der Waals surface area contributed by atoms with Crippen molar-refractivity contribution < 1.29 is 9.53 Å². The minimum Gasteiger partial charge on any atom is -0.377 e. The van der Waals surface area contributed by atoms with Crippen molar-refractivity contribution in [2.24, 2.45) is 5.92 Å². The first-order valence-corrected chi connectivity index (χ1v) is 8.16. The predicted molar refractivity (Wildman–Crippen MR) is 77.6 cm³/mol. The average molecular weight is 281 g/mol. The van der Waals surface area contributed by atoms with Crippen LogP contribution in [0.25, 0.3) is 0 Å². The van der Waals surface area contributed by atoms with E-state index in [2.05, 4.69) is 10.2 Å². The van der Waals surface area contributed by atoms with Crippen LogP contribution in [0, 0.1) is 5.92 Å². The van der Waals surface area contributed by atoms with E-state index in [9.17, 15) is 4.79 Å². The van der Waals surface area contributed by atoms with Crippen LogP contribution in [-0.2, 0) is 9.53 Å². The monoisotopic (exact) mass is 281 g/mol. The van der Waals surface area contributed by atoms with Gasteiger partial charge in [0.25, 0.3) is 0 Å². The van der Waals surface area contributed by atoms with E-state index in [1.807, 2.05) is 4.90 Å². The van der Waals surface area contributed by atoms with Crippen molar-refractivity contribution in [2.75, 3.05) is 52.4 Å². The van der Waals surface area contributed by atoms with Crippen molar-refractivity contribution in [1.82, 2.24) is 15.1 Å².